The summed E-state index contributed by atoms with van der Waals surface area (Å²) in [4.78, 5) is 35.8. The summed E-state index contributed by atoms with van der Waals surface area (Å²) in [5.74, 6) is -0.926. The number of nitrogens with zero attached hydrogens (tertiary/aromatic N) is 1. The van der Waals surface area contributed by atoms with Crippen molar-refractivity contribution < 1.29 is 4.79 Å². The van der Waals surface area contributed by atoms with Crippen molar-refractivity contribution in [3.8, 4) is 0 Å². The summed E-state index contributed by atoms with van der Waals surface area (Å²) in [6, 6.07) is 0. The normalized spacial score (nSPS) is 12.4. The third kappa shape index (κ3) is 2.59. The predicted molar refractivity (Wildman–Crippen MR) is 59.1 cm³/mol. The van der Waals surface area contributed by atoms with Crippen molar-refractivity contribution in [2.75, 3.05) is 0 Å². The minimum absolute atomic E-state index is 0.179. The van der Waals surface area contributed by atoms with Gasteiger partial charge in [0.2, 0.25) is 5.91 Å². The topological polar surface area (TPSA) is 97.9 Å². The molecule has 6 heteroatoms. The summed E-state index contributed by atoms with van der Waals surface area (Å²) in [6.45, 7) is 3.63. The first-order chi connectivity index (χ1) is 7.45. The zero-order chi connectivity index (χ0) is 12.3. The summed E-state index contributed by atoms with van der Waals surface area (Å²) in [6.07, 6.45) is 2.00. The Morgan fingerprint density at radius 2 is 2.19 bits per heavy atom. The molecule has 0 fully saturated rings. The van der Waals surface area contributed by atoms with Gasteiger partial charge in [0.25, 0.3) is 5.56 Å². The monoisotopic (exact) mass is 225 g/mol. The molecule has 0 radical (unpaired) electrons. The molecule has 0 saturated carbocycles. The molecule has 1 unspecified atom stereocenters. The van der Waals surface area contributed by atoms with Crippen LogP contribution in [0.4, 0.5) is 0 Å². The van der Waals surface area contributed by atoms with E-state index in [0.29, 0.717) is 12.0 Å². The molecule has 1 rings (SSSR count). The highest BCUT2D eigenvalue weighted by Gasteiger charge is 2.11. The minimum Gasteiger partial charge on any atom is -0.369 e. The fourth-order valence-corrected chi connectivity index (χ4v) is 1.33. The molecule has 6 nitrogen and oxygen atoms in total. The van der Waals surface area contributed by atoms with Gasteiger partial charge in [0.15, 0.2) is 0 Å². The second kappa shape index (κ2) is 4.78. The van der Waals surface area contributed by atoms with Crippen LogP contribution in [0.15, 0.2) is 15.8 Å². The number of hydrogen-bond acceptors (Lipinski definition) is 3. The number of amides is 1. The van der Waals surface area contributed by atoms with Crippen molar-refractivity contribution >= 4 is 5.91 Å². The number of nitrogens with one attached hydrogen (secondary N) is 1. The first-order valence-corrected chi connectivity index (χ1v) is 5.07. The molecule has 88 valence electrons. The van der Waals surface area contributed by atoms with Gasteiger partial charge in [-0.3, -0.25) is 19.1 Å². The lowest BCUT2D eigenvalue weighted by molar-refractivity contribution is -0.121. The van der Waals surface area contributed by atoms with E-state index in [2.05, 4.69) is 4.98 Å². The number of aromatic amines is 1. The van der Waals surface area contributed by atoms with Gasteiger partial charge in [-0.2, -0.15) is 0 Å². The fourth-order valence-electron chi connectivity index (χ4n) is 1.33. The number of nitrogens with two attached hydrogens (primary N) is 1. The summed E-state index contributed by atoms with van der Waals surface area (Å²) in [7, 11) is 0. The van der Waals surface area contributed by atoms with E-state index in [1.807, 2.05) is 6.92 Å². The second-order valence-corrected chi connectivity index (χ2v) is 3.72. The molecule has 1 aromatic rings. The number of hydrogen-bond donors (Lipinski definition) is 2. The zero-order valence-electron chi connectivity index (χ0n) is 9.32. The lowest BCUT2D eigenvalue weighted by atomic mass is 10.1. The number of H-pyrrole nitrogens is 1. The van der Waals surface area contributed by atoms with E-state index in [1.165, 1.54) is 10.8 Å². The number of aromatic nitrogens is 2. The first-order valence-electron chi connectivity index (χ1n) is 5.07. The lowest BCUT2D eigenvalue weighted by Crippen LogP contribution is -2.35. The molecule has 3 N–H and O–H groups in total. The van der Waals surface area contributed by atoms with Gasteiger partial charge in [-0.1, -0.05) is 13.8 Å². The maximum absolute atomic E-state index is 11.4. The summed E-state index contributed by atoms with van der Waals surface area (Å²) >= 11 is 0. The number of carbonyl (C=O) groups excluding carboxylic acids is 1. The van der Waals surface area contributed by atoms with Gasteiger partial charge in [0, 0.05) is 18.3 Å². The highest BCUT2D eigenvalue weighted by atomic mass is 16.2. The SMILES string of the molecule is CCc1cn(CC(C)C(N)=O)c(=O)[nH]c1=O. The Morgan fingerprint density at radius 1 is 1.56 bits per heavy atom. The molecule has 1 atom stereocenters. The van der Waals surface area contributed by atoms with Crippen LogP contribution >= 0.6 is 0 Å². The molecule has 0 aliphatic carbocycles. The number of primary amides is 1. The van der Waals surface area contributed by atoms with Crippen LogP contribution in [0.1, 0.15) is 19.4 Å². The van der Waals surface area contributed by atoms with Crippen molar-refractivity contribution in [3.63, 3.8) is 0 Å². The largest absolute Gasteiger partial charge is 0.369 e. The van der Waals surface area contributed by atoms with Crippen molar-refractivity contribution in [3.05, 3.63) is 32.6 Å². The molecular formula is C10H15N3O3. The van der Waals surface area contributed by atoms with Gasteiger partial charge in [-0.15, -0.1) is 0 Å². The molecule has 1 aromatic heterocycles. The van der Waals surface area contributed by atoms with Crippen LogP contribution in [0, 0.1) is 5.92 Å². The maximum atomic E-state index is 11.4. The van der Waals surface area contributed by atoms with E-state index in [9.17, 15) is 14.4 Å². The third-order valence-electron chi connectivity index (χ3n) is 2.42. The average Bonchev–Trinajstić information content (AvgIpc) is 2.21. The van der Waals surface area contributed by atoms with Crippen molar-refractivity contribution in [2.45, 2.75) is 26.8 Å². The van der Waals surface area contributed by atoms with Gasteiger partial charge in [0.1, 0.15) is 0 Å². The quantitative estimate of drug-likeness (QED) is 0.703. The Morgan fingerprint density at radius 3 is 2.69 bits per heavy atom. The van der Waals surface area contributed by atoms with Crippen LogP contribution in [0.5, 0.6) is 0 Å². The van der Waals surface area contributed by atoms with Crippen LogP contribution in [-0.2, 0) is 17.8 Å². The lowest BCUT2D eigenvalue weighted by Gasteiger charge is -2.10. The van der Waals surface area contributed by atoms with E-state index in [0.717, 1.165) is 0 Å². The van der Waals surface area contributed by atoms with Crippen molar-refractivity contribution in [2.24, 2.45) is 11.7 Å². The van der Waals surface area contributed by atoms with Crippen LogP contribution < -0.4 is 17.0 Å². The van der Waals surface area contributed by atoms with Gasteiger partial charge in [0.05, 0.1) is 5.92 Å². The molecule has 0 spiro atoms. The highest BCUT2D eigenvalue weighted by molar-refractivity contribution is 5.76. The Hall–Kier alpha value is -1.85. The van der Waals surface area contributed by atoms with E-state index < -0.39 is 17.5 Å². The Bertz CT molecular complexity index is 501. The molecule has 1 amide bonds. The van der Waals surface area contributed by atoms with E-state index >= 15 is 0 Å². The zero-order valence-corrected chi connectivity index (χ0v) is 9.32. The standard InChI is InChI=1S/C10H15N3O3/c1-3-7-5-13(4-6(2)8(11)14)10(16)12-9(7)15/h5-6H,3-4H2,1-2H3,(H2,11,14)(H,12,15,16). The molecule has 0 aromatic carbocycles. The molecule has 1 heterocycles. The Kier molecular flexibility index (Phi) is 3.65. The van der Waals surface area contributed by atoms with Gasteiger partial charge in [-0.05, 0) is 6.42 Å². The van der Waals surface area contributed by atoms with Crippen molar-refractivity contribution in [1.29, 1.82) is 0 Å². The molecule has 0 saturated heterocycles. The minimum atomic E-state index is -0.518. The highest BCUT2D eigenvalue weighted by Crippen LogP contribution is 1.97. The average molecular weight is 225 g/mol. The Balaban J connectivity index is 3.10. The Labute approximate surface area is 92.1 Å². The van der Waals surface area contributed by atoms with Crippen LogP contribution in [0.3, 0.4) is 0 Å². The molecule has 0 aliphatic heterocycles. The van der Waals surface area contributed by atoms with E-state index in [-0.39, 0.29) is 12.1 Å². The van der Waals surface area contributed by atoms with Crippen LogP contribution in [-0.4, -0.2) is 15.5 Å². The van der Waals surface area contributed by atoms with E-state index in [1.54, 1.807) is 6.92 Å². The molecule has 16 heavy (non-hydrogen) atoms. The van der Waals surface area contributed by atoms with Crippen LogP contribution in [0.25, 0.3) is 0 Å². The third-order valence-corrected chi connectivity index (χ3v) is 2.42. The van der Waals surface area contributed by atoms with Gasteiger partial charge < -0.3 is 5.73 Å². The first kappa shape index (κ1) is 12.2. The summed E-state index contributed by atoms with van der Waals surface area (Å²) in [5.41, 5.74) is 4.72. The van der Waals surface area contributed by atoms with Gasteiger partial charge in [-0.25, -0.2) is 4.79 Å². The molecule has 0 aliphatic rings. The van der Waals surface area contributed by atoms with Crippen LogP contribution in [0.2, 0.25) is 0 Å². The maximum Gasteiger partial charge on any atom is 0.328 e. The van der Waals surface area contributed by atoms with E-state index in [4.69, 9.17) is 5.73 Å². The summed E-state index contributed by atoms with van der Waals surface area (Å²) < 4.78 is 1.30. The fraction of sp³-hybridized carbons (Fsp3) is 0.500. The number of aryl methyl sites for hydroxylation is 1. The summed E-state index contributed by atoms with van der Waals surface area (Å²) in [5, 5.41) is 0. The second-order valence-electron chi connectivity index (χ2n) is 3.72. The molecular weight excluding hydrogens is 210 g/mol. The molecule has 0 bridgehead atoms. The van der Waals surface area contributed by atoms with Gasteiger partial charge >= 0.3 is 5.69 Å². The predicted octanol–water partition coefficient (Wildman–Crippen LogP) is -0.780. The smallest absolute Gasteiger partial charge is 0.328 e. The van der Waals surface area contributed by atoms with Crippen molar-refractivity contribution in [1.82, 2.24) is 9.55 Å². The number of rotatable bonds is 4. The number of carbonyl (C=O) groups is 1.